The number of halogens is 1. The van der Waals surface area contributed by atoms with Crippen LogP contribution >= 0.6 is 0 Å². The Labute approximate surface area is 194 Å². The zero-order valence-corrected chi connectivity index (χ0v) is 18.4. The third-order valence-corrected chi connectivity index (χ3v) is 5.40. The molecule has 2 aromatic carbocycles. The van der Waals surface area contributed by atoms with E-state index < -0.39 is 0 Å². The largest absolute Gasteiger partial charge is 0.382 e. The highest BCUT2D eigenvalue weighted by Gasteiger charge is 2.16. The van der Waals surface area contributed by atoms with Crippen LogP contribution in [-0.4, -0.2) is 31.8 Å². The molecule has 172 valence electrons. The number of anilines is 1. The summed E-state index contributed by atoms with van der Waals surface area (Å²) in [4.78, 5) is 27.0. The quantitative estimate of drug-likeness (QED) is 0.365. The summed E-state index contributed by atoms with van der Waals surface area (Å²) >= 11 is 0. The maximum atomic E-state index is 13.2. The highest BCUT2D eigenvalue weighted by molar-refractivity contribution is 5.94. The fourth-order valence-corrected chi connectivity index (χ4v) is 3.65. The number of nitrogens with zero attached hydrogens (tertiary/aromatic N) is 4. The van der Waals surface area contributed by atoms with Gasteiger partial charge in [0.05, 0.1) is 17.1 Å². The van der Waals surface area contributed by atoms with E-state index in [0.717, 1.165) is 5.69 Å². The minimum Gasteiger partial charge on any atom is -0.382 e. The van der Waals surface area contributed by atoms with Crippen molar-refractivity contribution in [3.8, 4) is 17.4 Å². The van der Waals surface area contributed by atoms with Gasteiger partial charge in [0, 0.05) is 24.0 Å². The predicted molar refractivity (Wildman–Crippen MR) is 124 cm³/mol. The predicted octanol–water partition coefficient (Wildman–Crippen LogP) is 2.62. The van der Waals surface area contributed by atoms with Gasteiger partial charge < -0.3 is 16.0 Å². The molecule has 0 aliphatic rings. The molecule has 10 heteroatoms. The molecule has 4 N–H and O–H groups in total. The molecular weight excluding hydrogens is 437 g/mol. The average molecular weight is 459 g/mol. The number of rotatable bonds is 7. The maximum Gasteiger partial charge on any atom is 0.330 e. The van der Waals surface area contributed by atoms with E-state index in [2.05, 4.69) is 21.5 Å². The first-order chi connectivity index (χ1) is 16.4. The van der Waals surface area contributed by atoms with Crippen molar-refractivity contribution >= 4 is 11.7 Å². The third kappa shape index (κ3) is 4.45. The first kappa shape index (κ1) is 22.5. The number of carbonyl (C=O) groups is 1. The lowest BCUT2D eigenvalue weighted by Gasteiger charge is -2.07. The van der Waals surface area contributed by atoms with Crippen molar-refractivity contribution in [3.05, 3.63) is 93.5 Å². The maximum absolute atomic E-state index is 13.2. The van der Waals surface area contributed by atoms with Crippen molar-refractivity contribution < 1.29 is 9.18 Å². The number of imidazole rings is 1. The molecule has 0 aliphatic carbocycles. The minimum absolute atomic E-state index is 0.185. The average Bonchev–Trinajstić information content (AvgIpc) is 3.34. The van der Waals surface area contributed by atoms with Crippen molar-refractivity contribution in [2.24, 2.45) is 0 Å². The van der Waals surface area contributed by atoms with Gasteiger partial charge in [-0.25, -0.2) is 13.9 Å². The second-order valence-corrected chi connectivity index (χ2v) is 7.68. The lowest BCUT2D eigenvalue weighted by Crippen LogP contribution is -2.25. The molecule has 0 fully saturated rings. The lowest BCUT2D eigenvalue weighted by molar-refractivity contribution is 0.0953. The van der Waals surface area contributed by atoms with E-state index in [1.807, 2.05) is 6.92 Å². The number of nitrogen functional groups attached to an aromatic ring is 1. The highest BCUT2D eigenvalue weighted by Crippen LogP contribution is 2.21. The summed E-state index contributed by atoms with van der Waals surface area (Å²) < 4.78 is 16.1. The number of amides is 1. The number of nitrogens with one attached hydrogen (secondary N) is 2. The van der Waals surface area contributed by atoms with Gasteiger partial charge in [-0.1, -0.05) is 0 Å². The van der Waals surface area contributed by atoms with Crippen LogP contribution in [0.2, 0.25) is 0 Å². The second-order valence-electron chi connectivity index (χ2n) is 7.68. The summed E-state index contributed by atoms with van der Waals surface area (Å²) in [7, 11) is 0. The summed E-state index contributed by atoms with van der Waals surface area (Å²) in [5, 5.41) is 16.7. The van der Waals surface area contributed by atoms with E-state index in [9.17, 15) is 19.2 Å². The molecule has 4 aromatic rings. The zero-order chi connectivity index (χ0) is 24.2. The summed E-state index contributed by atoms with van der Waals surface area (Å²) in [6.07, 6.45) is 2.59. The van der Waals surface area contributed by atoms with Crippen LogP contribution in [0, 0.1) is 24.1 Å². The van der Waals surface area contributed by atoms with Gasteiger partial charge >= 0.3 is 5.69 Å². The van der Waals surface area contributed by atoms with E-state index in [0.29, 0.717) is 42.0 Å². The van der Waals surface area contributed by atoms with Crippen LogP contribution in [0.15, 0.2) is 59.5 Å². The van der Waals surface area contributed by atoms with E-state index in [4.69, 9.17) is 5.73 Å². The first-order valence-corrected chi connectivity index (χ1v) is 10.6. The number of nitriles is 1. The van der Waals surface area contributed by atoms with Crippen LogP contribution in [0.4, 0.5) is 10.2 Å². The smallest absolute Gasteiger partial charge is 0.330 e. The molecule has 0 saturated carbocycles. The van der Waals surface area contributed by atoms with Crippen LogP contribution in [0.25, 0.3) is 11.4 Å². The van der Waals surface area contributed by atoms with Gasteiger partial charge in [-0.05, 0) is 68.3 Å². The van der Waals surface area contributed by atoms with Gasteiger partial charge in [-0.2, -0.15) is 10.4 Å². The van der Waals surface area contributed by atoms with E-state index in [-0.39, 0.29) is 28.8 Å². The summed E-state index contributed by atoms with van der Waals surface area (Å²) in [6, 6.07) is 14.4. The van der Waals surface area contributed by atoms with Gasteiger partial charge in [0.15, 0.2) is 0 Å². The summed E-state index contributed by atoms with van der Waals surface area (Å²) in [5.41, 5.74) is 9.05. The van der Waals surface area contributed by atoms with Crippen LogP contribution in [0.1, 0.15) is 33.7 Å². The Morgan fingerprint density at radius 2 is 1.85 bits per heavy atom. The number of benzene rings is 2. The normalized spacial score (nSPS) is 10.7. The minimum atomic E-state index is -0.380. The van der Waals surface area contributed by atoms with E-state index in [1.165, 1.54) is 33.5 Å². The molecule has 1 amide bonds. The second kappa shape index (κ2) is 9.46. The van der Waals surface area contributed by atoms with Gasteiger partial charge in [0.25, 0.3) is 5.91 Å². The van der Waals surface area contributed by atoms with Crippen molar-refractivity contribution in [1.82, 2.24) is 24.6 Å². The Kier molecular flexibility index (Phi) is 6.27. The number of H-pyrrole nitrogens is 1. The van der Waals surface area contributed by atoms with Crippen LogP contribution in [0.3, 0.4) is 0 Å². The Morgan fingerprint density at radius 3 is 2.47 bits per heavy atom. The molecule has 0 unspecified atom stereocenters. The Balaban J connectivity index is 1.37. The van der Waals surface area contributed by atoms with Gasteiger partial charge in [-0.15, -0.1) is 0 Å². The monoisotopic (exact) mass is 459 g/mol. The van der Waals surface area contributed by atoms with Gasteiger partial charge in [-0.3, -0.25) is 9.36 Å². The number of aromatic nitrogens is 4. The SMILES string of the molecule is Cc1c[nH]c(=O)n1-c1ccc(C(=O)NCCCc2nn(-c3ccc(F)cc3)c(N)c2C#N)cc1. The lowest BCUT2D eigenvalue weighted by atomic mass is 10.1. The molecule has 0 aliphatic heterocycles. The fourth-order valence-electron chi connectivity index (χ4n) is 3.65. The number of nitrogens with two attached hydrogens (primary N) is 1. The molecule has 4 rings (SSSR count). The number of hydrogen-bond donors (Lipinski definition) is 3. The molecule has 2 aromatic heterocycles. The Bertz CT molecular complexity index is 1420. The number of aryl methyl sites for hydroxylation is 2. The Morgan fingerprint density at radius 1 is 1.18 bits per heavy atom. The first-order valence-electron chi connectivity index (χ1n) is 10.6. The molecule has 0 saturated heterocycles. The van der Waals surface area contributed by atoms with Crippen LogP contribution in [0.5, 0.6) is 0 Å². The zero-order valence-electron chi connectivity index (χ0n) is 18.4. The summed E-state index contributed by atoms with van der Waals surface area (Å²) in [5.74, 6) is -0.444. The number of hydrogen-bond acceptors (Lipinski definition) is 5. The van der Waals surface area contributed by atoms with E-state index >= 15 is 0 Å². The van der Waals surface area contributed by atoms with Gasteiger partial charge in [0.2, 0.25) is 0 Å². The topological polar surface area (TPSA) is 135 Å². The van der Waals surface area contributed by atoms with Crippen LogP contribution < -0.4 is 16.7 Å². The molecule has 2 heterocycles. The Hall–Kier alpha value is -4.65. The van der Waals surface area contributed by atoms with Crippen molar-refractivity contribution in [2.75, 3.05) is 12.3 Å². The third-order valence-electron chi connectivity index (χ3n) is 5.40. The molecule has 0 radical (unpaired) electrons. The van der Waals surface area contributed by atoms with Gasteiger partial charge in [0.1, 0.15) is 23.3 Å². The summed E-state index contributed by atoms with van der Waals surface area (Å²) in [6.45, 7) is 2.18. The standard InChI is InChI=1S/C24H22FN7O2/c1-15-14-29-24(34)31(15)18-8-4-16(5-9-18)23(33)28-12-2-3-21-20(13-26)22(27)32(30-21)19-10-6-17(25)7-11-19/h4-11,14H,2-3,12,27H2,1H3,(H,28,33)(H,29,34). The van der Waals surface area contributed by atoms with Crippen molar-refractivity contribution in [2.45, 2.75) is 19.8 Å². The molecule has 0 spiro atoms. The highest BCUT2D eigenvalue weighted by atomic mass is 19.1. The number of carbonyl (C=O) groups excluding carboxylic acids is 1. The molecule has 34 heavy (non-hydrogen) atoms. The van der Waals surface area contributed by atoms with Crippen LogP contribution in [-0.2, 0) is 6.42 Å². The number of aromatic amines is 1. The molecule has 0 atom stereocenters. The van der Waals surface area contributed by atoms with Crippen molar-refractivity contribution in [1.29, 1.82) is 5.26 Å². The van der Waals surface area contributed by atoms with E-state index in [1.54, 1.807) is 30.5 Å². The fraction of sp³-hybridized carbons (Fsp3) is 0.167. The molecule has 9 nitrogen and oxygen atoms in total. The molecular formula is C24H22FN7O2. The molecule has 0 bridgehead atoms. The van der Waals surface area contributed by atoms with Crippen molar-refractivity contribution in [3.63, 3.8) is 0 Å².